The topological polar surface area (TPSA) is 78.6 Å². The molecule has 2 aliphatic rings. The number of furan rings is 1. The van der Waals surface area contributed by atoms with E-state index in [-0.39, 0.29) is 18.7 Å². The lowest BCUT2D eigenvalue weighted by Gasteiger charge is -2.25. The van der Waals surface area contributed by atoms with Crippen molar-refractivity contribution >= 4 is 16.9 Å². The van der Waals surface area contributed by atoms with Gasteiger partial charge in [0.15, 0.2) is 5.58 Å². The molecular formula is C17H17N3O3. The van der Waals surface area contributed by atoms with Gasteiger partial charge in [0.25, 0.3) is 5.91 Å². The van der Waals surface area contributed by atoms with E-state index in [1.165, 1.54) is 18.9 Å². The quantitative estimate of drug-likeness (QED) is 0.808. The second kappa shape index (κ2) is 5.69. The van der Waals surface area contributed by atoms with Crippen LogP contribution in [0.5, 0.6) is 0 Å². The zero-order valence-electron chi connectivity index (χ0n) is 12.6. The van der Waals surface area contributed by atoms with Crippen LogP contribution in [0.4, 0.5) is 0 Å². The summed E-state index contributed by atoms with van der Waals surface area (Å²) in [4.78, 5) is 19.0. The van der Waals surface area contributed by atoms with Crippen LogP contribution in [0.25, 0.3) is 11.0 Å². The van der Waals surface area contributed by atoms with Crippen molar-refractivity contribution in [3.8, 4) is 11.8 Å². The summed E-state index contributed by atoms with van der Waals surface area (Å²) in [6.07, 6.45) is 5.43. The first-order chi connectivity index (χ1) is 11.2. The Morgan fingerprint density at radius 3 is 3.22 bits per heavy atom. The molecule has 2 bridgehead atoms. The Kier molecular flexibility index (Phi) is 3.52. The highest BCUT2D eigenvalue weighted by Gasteiger charge is 2.38. The molecule has 23 heavy (non-hydrogen) atoms. The minimum atomic E-state index is -0.218. The molecule has 2 fully saturated rings. The van der Waals surface area contributed by atoms with Gasteiger partial charge < -0.3 is 14.8 Å². The molecule has 2 saturated heterocycles. The maximum atomic E-state index is 12.5. The molecule has 6 nitrogen and oxygen atoms in total. The van der Waals surface area contributed by atoms with Gasteiger partial charge in [-0.05, 0) is 24.8 Å². The van der Waals surface area contributed by atoms with E-state index in [4.69, 9.17) is 9.52 Å². The van der Waals surface area contributed by atoms with Crippen molar-refractivity contribution < 1.29 is 14.3 Å². The Morgan fingerprint density at radius 2 is 2.48 bits per heavy atom. The molecule has 0 spiro atoms. The van der Waals surface area contributed by atoms with Crippen LogP contribution < -0.4 is 5.32 Å². The van der Waals surface area contributed by atoms with E-state index in [1.807, 2.05) is 0 Å². The van der Waals surface area contributed by atoms with Crippen molar-refractivity contribution in [1.82, 2.24) is 15.2 Å². The molecule has 2 aliphatic heterocycles. The average molecular weight is 311 g/mol. The molecule has 2 aromatic heterocycles. The molecule has 4 rings (SSSR count). The fraction of sp³-hybridized carbons (Fsp3) is 0.412. The standard InChI is InChI=1S/C17H17N3O3/c21-5-1-2-12-10-23-15-8-18-14(7-13(12)15)17(22)19-16-6-11-3-4-20(16)9-11/h7-8,10-11,16,21H,3-6,9H2,(H,19,22). The molecule has 3 unspecified atom stereocenters. The fourth-order valence-corrected chi connectivity index (χ4v) is 3.47. The van der Waals surface area contributed by atoms with Crippen LogP contribution in [0.1, 0.15) is 28.9 Å². The molecule has 4 heterocycles. The van der Waals surface area contributed by atoms with Crippen LogP contribution >= 0.6 is 0 Å². The molecule has 0 aliphatic carbocycles. The van der Waals surface area contributed by atoms with Gasteiger partial charge in [0.1, 0.15) is 18.6 Å². The van der Waals surface area contributed by atoms with Crippen LogP contribution in [-0.4, -0.2) is 46.8 Å². The van der Waals surface area contributed by atoms with Gasteiger partial charge in [-0.3, -0.25) is 9.69 Å². The lowest BCUT2D eigenvalue weighted by atomic mass is 10.0. The molecule has 0 aromatic carbocycles. The van der Waals surface area contributed by atoms with Gasteiger partial charge in [0.05, 0.1) is 17.9 Å². The van der Waals surface area contributed by atoms with Gasteiger partial charge >= 0.3 is 0 Å². The maximum Gasteiger partial charge on any atom is 0.271 e. The highest BCUT2D eigenvalue weighted by Crippen LogP contribution is 2.31. The molecule has 3 atom stereocenters. The fourth-order valence-electron chi connectivity index (χ4n) is 3.47. The van der Waals surface area contributed by atoms with Gasteiger partial charge in [-0.15, -0.1) is 0 Å². The van der Waals surface area contributed by atoms with Crippen LogP contribution in [0.3, 0.4) is 0 Å². The third kappa shape index (κ3) is 2.58. The monoisotopic (exact) mass is 311 g/mol. The third-order valence-electron chi connectivity index (χ3n) is 4.61. The lowest BCUT2D eigenvalue weighted by Crippen LogP contribution is -2.45. The highest BCUT2D eigenvalue weighted by molar-refractivity contribution is 5.96. The van der Waals surface area contributed by atoms with Gasteiger partial charge in [-0.1, -0.05) is 11.8 Å². The number of aliphatic hydroxyl groups excluding tert-OH is 1. The normalized spacial score (nSPS) is 25.3. The second-order valence-corrected chi connectivity index (χ2v) is 6.05. The van der Waals surface area contributed by atoms with Crippen molar-refractivity contribution in [2.45, 2.75) is 19.0 Å². The van der Waals surface area contributed by atoms with Crippen LogP contribution in [0.15, 0.2) is 22.9 Å². The van der Waals surface area contributed by atoms with E-state index < -0.39 is 0 Å². The van der Waals surface area contributed by atoms with E-state index >= 15 is 0 Å². The van der Waals surface area contributed by atoms with E-state index in [0.29, 0.717) is 22.8 Å². The molecule has 0 radical (unpaired) electrons. The van der Waals surface area contributed by atoms with Gasteiger partial charge in [-0.25, -0.2) is 4.98 Å². The van der Waals surface area contributed by atoms with Crippen molar-refractivity contribution in [3.05, 3.63) is 29.8 Å². The Balaban J connectivity index is 1.57. The SMILES string of the molecule is O=C(NC1CC2CCN1C2)c1cc2c(C#CCO)coc2cn1. The van der Waals surface area contributed by atoms with Gasteiger partial charge in [0, 0.05) is 18.5 Å². The molecule has 2 N–H and O–H groups in total. The predicted octanol–water partition coefficient (Wildman–Crippen LogP) is 0.953. The van der Waals surface area contributed by atoms with E-state index in [9.17, 15) is 4.79 Å². The highest BCUT2D eigenvalue weighted by atomic mass is 16.3. The zero-order valence-corrected chi connectivity index (χ0v) is 12.6. The van der Waals surface area contributed by atoms with Crippen LogP contribution in [-0.2, 0) is 0 Å². The van der Waals surface area contributed by atoms with Gasteiger partial charge in [-0.2, -0.15) is 0 Å². The Morgan fingerprint density at radius 1 is 1.57 bits per heavy atom. The number of nitrogens with zero attached hydrogens (tertiary/aromatic N) is 2. The Labute approximate surface area is 133 Å². The number of hydrogen-bond acceptors (Lipinski definition) is 5. The van der Waals surface area contributed by atoms with Crippen LogP contribution in [0, 0.1) is 17.8 Å². The Hall–Kier alpha value is -2.36. The van der Waals surface area contributed by atoms with E-state index in [2.05, 4.69) is 27.0 Å². The largest absolute Gasteiger partial charge is 0.461 e. The number of nitrogens with one attached hydrogen (secondary N) is 1. The first-order valence-corrected chi connectivity index (χ1v) is 7.76. The number of carbonyl (C=O) groups is 1. The van der Waals surface area contributed by atoms with Crippen molar-refractivity contribution in [2.75, 3.05) is 19.7 Å². The first kappa shape index (κ1) is 14.2. The number of aliphatic hydroxyl groups is 1. The summed E-state index contributed by atoms with van der Waals surface area (Å²) in [6, 6.07) is 1.69. The number of carbonyl (C=O) groups excluding carboxylic acids is 1. The molecule has 6 heteroatoms. The number of amides is 1. The Bertz CT molecular complexity index is 817. The molecular weight excluding hydrogens is 294 g/mol. The number of piperidine rings is 1. The molecule has 0 saturated carbocycles. The van der Waals surface area contributed by atoms with Crippen LogP contribution in [0.2, 0.25) is 0 Å². The van der Waals surface area contributed by atoms with E-state index in [0.717, 1.165) is 24.9 Å². The number of hydrogen-bond donors (Lipinski definition) is 2. The zero-order chi connectivity index (χ0) is 15.8. The molecule has 1 amide bonds. The smallest absolute Gasteiger partial charge is 0.271 e. The predicted molar refractivity (Wildman–Crippen MR) is 83.5 cm³/mol. The summed E-state index contributed by atoms with van der Waals surface area (Å²) in [5.41, 5.74) is 1.58. The van der Waals surface area contributed by atoms with Gasteiger partial charge in [0.2, 0.25) is 0 Å². The van der Waals surface area contributed by atoms with E-state index in [1.54, 1.807) is 6.07 Å². The van der Waals surface area contributed by atoms with Crippen molar-refractivity contribution in [1.29, 1.82) is 0 Å². The summed E-state index contributed by atoms with van der Waals surface area (Å²) in [5, 5.41) is 12.6. The summed E-state index contributed by atoms with van der Waals surface area (Å²) in [5.74, 6) is 5.94. The molecule has 118 valence electrons. The molecule has 2 aromatic rings. The summed E-state index contributed by atoms with van der Waals surface area (Å²) >= 11 is 0. The maximum absolute atomic E-state index is 12.5. The number of pyridine rings is 1. The summed E-state index contributed by atoms with van der Waals surface area (Å²) in [7, 11) is 0. The third-order valence-corrected chi connectivity index (χ3v) is 4.61. The minimum absolute atomic E-state index is 0.122. The second-order valence-electron chi connectivity index (χ2n) is 6.05. The average Bonchev–Trinajstić information content (AvgIpc) is 3.27. The summed E-state index contributed by atoms with van der Waals surface area (Å²) in [6.45, 7) is 1.93. The number of fused-ring (bicyclic) bond motifs is 3. The van der Waals surface area contributed by atoms with Crippen molar-refractivity contribution in [2.24, 2.45) is 5.92 Å². The van der Waals surface area contributed by atoms with Crippen molar-refractivity contribution in [3.63, 3.8) is 0 Å². The minimum Gasteiger partial charge on any atom is -0.461 e. The lowest BCUT2D eigenvalue weighted by molar-refractivity contribution is 0.0878. The number of aromatic nitrogens is 1. The number of rotatable bonds is 2. The first-order valence-electron chi connectivity index (χ1n) is 7.76. The summed E-state index contributed by atoms with van der Waals surface area (Å²) < 4.78 is 5.37.